The van der Waals surface area contributed by atoms with Gasteiger partial charge in [0, 0.05) is 6.07 Å². The summed E-state index contributed by atoms with van der Waals surface area (Å²) >= 11 is 0. The van der Waals surface area contributed by atoms with Gasteiger partial charge in [0.05, 0.1) is 25.4 Å². The molecule has 0 aliphatic heterocycles. The minimum Gasteiger partial charge on any atom is -0.493 e. The van der Waals surface area contributed by atoms with E-state index in [-0.39, 0.29) is 5.97 Å². The van der Waals surface area contributed by atoms with Crippen LogP contribution in [0.5, 0.6) is 11.5 Å². The number of unbranched alkanes of at least 4 members (excludes halogenated alkanes) is 21. The summed E-state index contributed by atoms with van der Waals surface area (Å²) < 4.78 is 17.7. The van der Waals surface area contributed by atoms with E-state index >= 15 is 0 Å². The Bertz CT molecular complexity index is 673. The molecule has 0 aromatic heterocycles. The Morgan fingerprint density at radius 1 is 0.439 bits per heavy atom. The van der Waals surface area contributed by atoms with E-state index in [1.54, 1.807) is 0 Å². The van der Waals surface area contributed by atoms with Crippen molar-refractivity contribution in [2.75, 3.05) is 19.8 Å². The molecule has 1 aromatic carbocycles. The van der Waals surface area contributed by atoms with Crippen molar-refractivity contribution in [3.63, 3.8) is 0 Å². The minimum atomic E-state index is -0.283. The summed E-state index contributed by atoms with van der Waals surface area (Å²) in [4.78, 5) is 12.8. The van der Waals surface area contributed by atoms with E-state index in [1.165, 1.54) is 128 Å². The second kappa shape index (κ2) is 28.4. The molecular weight excluding hydrogens is 508 g/mol. The topological polar surface area (TPSA) is 44.8 Å². The fourth-order valence-electron chi connectivity index (χ4n) is 5.19. The number of hydrogen-bond acceptors (Lipinski definition) is 4. The second-order valence-electron chi connectivity index (χ2n) is 12.0. The molecule has 4 nitrogen and oxygen atoms in total. The van der Waals surface area contributed by atoms with Gasteiger partial charge < -0.3 is 14.2 Å². The van der Waals surface area contributed by atoms with Crippen LogP contribution in [0.3, 0.4) is 0 Å². The van der Waals surface area contributed by atoms with Crippen molar-refractivity contribution in [2.45, 2.75) is 175 Å². The van der Waals surface area contributed by atoms with Gasteiger partial charge in [-0.25, -0.2) is 4.79 Å². The highest BCUT2D eigenvalue weighted by Crippen LogP contribution is 2.25. The Kier molecular flexibility index (Phi) is 25.9. The quantitative estimate of drug-likeness (QED) is 0.0677. The molecule has 0 aliphatic rings. The van der Waals surface area contributed by atoms with Crippen LogP contribution in [0.4, 0.5) is 0 Å². The second-order valence-corrected chi connectivity index (χ2v) is 12.0. The highest BCUT2D eigenvalue weighted by molar-refractivity contribution is 5.90. The van der Waals surface area contributed by atoms with Gasteiger partial charge in [-0.15, -0.1) is 0 Å². The van der Waals surface area contributed by atoms with Gasteiger partial charge in [-0.05, 0) is 31.4 Å². The van der Waals surface area contributed by atoms with Crippen LogP contribution < -0.4 is 9.47 Å². The van der Waals surface area contributed by atoms with Crippen LogP contribution in [-0.4, -0.2) is 25.8 Å². The fraction of sp³-hybridized carbons (Fsp3) is 0.811. The molecule has 1 aromatic rings. The first-order valence-electron chi connectivity index (χ1n) is 17.8. The van der Waals surface area contributed by atoms with Gasteiger partial charge in [0.15, 0.2) is 0 Å². The highest BCUT2D eigenvalue weighted by atomic mass is 16.5. The Morgan fingerprint density at radius 2 is 0.756 bits per heavy atom. The van der Waals surface area contributed by atoms with Crippen molar-refractivity contribution in [3.8, 4) is 11.5 Å². The third-order valence-corrected chi connectivity index (χ3v) is 7.88. The zero-order valence-electron chi connectivity index (χ0n) is 27.5. The number of esters is 1. The third kappa shape index (κ3) is 22.5. The molecule has 0 atom stereocenters. The monoisotopic (exact) mass is 574 g/mol. The molecule has 0 saturated carbocycles. The van der Waals surface area contributed by atoms with Crippen LogP contribution in [0.25, 0.3) is 0 Å². The maximum atomic E-state index is 12.8. The molecule has 238 valence electrons. The standard InChI is InChI=1S/C37H66O4/c1-4-7-10-13-15-17-19-21-23-26-28-39-35-31-34(37(38)41-30-25-12-9-6-3)32-36(33-35)40-29-27-24-22-20-18-16-14-11-8-5-2/h31-33H,4-30H2,1-3H3. The van der Waals surface area contributed by atoms with Crippen LogP contribution in [0.1, 0.15) is 185 Å². The number of rotatable bonds is 30. The Morgan fingerprint density at radius 3 is 1.15 bits per heavy atom. The lowest BCUT2D eigenvalue weighted by Gasteiger charge is -2.13. The predicted octanol–water partition coefficient (Wildman–Crippen LogP) is 12.0. The first kappa shape index (κ1) is 37.3. The smallest absolute Gasteiger partial charge is 0.338 e. The zero-order valence-corrected chi connectivity index (χ0v) is 27.5. The lowest BCUT2D eigenvalue weighted by atomic mass is 10.1. The van der Waals surface area contributed by atoms with E-state index in [4.69, 9.17) is 14.2 Å². The zero-order chi connectivity index (χ0) is 29.6. The molecule has 0 bridgehead atoms. The molecule has 0 amide bonds. The molecular formula is C37H66O4. The van der Waals surface area contributed by atoms with Crippen LogP contribution >= 0.6 is 0 Å². The van der Waals surface area contributed by atoms with Crippen molar-refractivity contribution in [3.05, 3.63) is 23.8 Å². The average molecular weight is 575 g/mol. The average Bonchev–Trinajstić information content (AvgIpc) is 2.98. The summed E-state index contributed by atoms with van der Waals surface area (Å²) in [5.74, 6) is 1.13. The Labute approximate surface area is 254 Å². The Balaban J connectivity index is 2.41. The molecule has 4 heteroatoms. The van der Waals surface area contributed by atoms with Gasteiger partial charge in [-0.2, -0.15) is 0 Å². The van der Waals surface area contributed by atoms with Gasteiger partial charge in [0.2, 0.25) is 0 Å². The van der Waals surface area contributed by atoms with Crippen molar-refractivity contribution >= 4 is 5.97 Å². The lowest BCUT2D eigenvalue weighted by molar-refractivity contribution is 0.0496. The first-order chi connectivity index (χ1) is 20.2. The van der Waals surface area contributed by atoms with Crippen molar-refractivity contribution in [1.29, 1.82) is 0 Å². The lowest BCUT2D eigenvalue weighted by Crippen LogP contribution is -2.08. The molecule has 1 rings (SSSR count). The summed E-state index contributed by atoms with van der Waals surface area (Å²) in [6.07, 6.45) is 30.4. The first-order valence-corrected chi connectivity index (χ1v) is 17.8. The van der Waals surface area contributed by atoms with E-state index in [0.717, 1.165) is 25.7 Å². The van der Waals surface area contributed by atoms with Gasteiger partial charge in [0.1, 0.15) is 11.5 Å². The van der Waals surface area contributed by atoms with E-state index in [2.05, 4.69) is 20.8 Å². The molecule has 0 aliphatic carbocycles. The van der Waals surface area contributed by atoms with E-state index in [0.29, 0.717) is 36.9 Å². The van der Waals surface area contributed by atoms with Crippen molar-refractivity contribution < 1.29 is 19.0 Å². The van der Waals surface area contributed by atoms with Crippen molar-refractivity contribution in [2.24, 2.45) is 0 Å². The number of hydrogen-bond donors (Lipinski definition) is 0. The fourth-order valence-corrected chi connectivity index (χ4v) is 5.19. The van der Waals surface area contributed by atoms with E-state index < -0.39 is 0 Å². The SMILES string of the molecule is CCCCCCCCCCCCOc1cc(OCCCCCCCCCCCC)cc(C(=O)OCCCCCC)c1. The molecule has 0 fully saturated rings. The number of benzene rings is 1. The van der Waals surface area contributed by atoms with E-state index in [9.17, 15) is 4.79 Å². The predicted molar refractivity (Wildman–Crippen MR) is 176 cm³/mol. The van der Waals surface area contributed by atoms with Gasteiger partial charge in [-0.3, -0.25) is 0 Å². The molecule has 0 N–H and O–H groups in total. The maximum absolute atomic E-state index is 12.8. The number of ether oxygens (including phenoxy) is 3. The molecule has 0 unspecified atom stereocenters. The Hall–Kier alpha value is -1.71. The number of carbonyl (C=O) groups is 1. The van der Waals surface area contributed by atoms with Crippen molar-refractivity contribution in [1.82, 2.24) is 0 Å². The molecule has 0 heterocycles. The largest absolute Gasteiger partial charge is 0.493 e. The summed E-state index contributed by atoms with van der Waals surface area (Å²) in [7, 11) is 0. The molecule has 0 saturated heterocycles. The van der Waals surface area contributed by atoms with Gasteiger partial charge in [-0.1, -0.05) is 156 Å². The summed E-state index contributed by atoms with van der Waals surface area (Å²) in [6, 6.07) is 5.57. The maximum Gasteiger partial charge on any atom is 0.338 e. The van der Waals surface area contributed by atoms with Crippen LogP contribution in [0.2, 0.25) is 0 Å². The molecule has 0 radical (unpaired) electrons. The summed E-state index contributed by atoms with van der Waals surface area (Å²) in [5, 5.41) is 0. The summed E-state index contributed by atoms with van der Waals surface area (Å²) in [6.45, 7) is 8.54. The van der Waals surface area contributed by atoms with Crippen LogP contribution in [0.15, 0.2) is 18.2 Å². The highest BCUT2D eigenvalue weighted by Gasteiger charge is 2.12. The number of carbonyl (C=O) groups excluding carboxylic acids is 1. The van der Waals surface area contributed by atoms with Gasteiger partial charge in [0.25, 0.3) is 0 Å². The van der Waals surface area contributed by atoms with Gasteiger partial charge >= 0.3 is 5.97 Å². The summed E-state index contributed by atoms with van der Waals surface area (Å²) in [5.41, 5.74) is 0.527. The normalized spacial score (nSPS) is 11.1. The van der Waals surface area contributed by atoms with Crippen LogP contribution in [-0.2, 0) is 4.74 Å². The van der Waals surface area contributed by atoms with Crippen LogP contribution in [0, 0.1) is 0 Å². The van der Waals surface area contributed by atoms with E-state index in [1.807, 2.05) is 18.2 Å². The third-order valence-electron chi connectivity index (χ3n) is 7.88. The molecule has 0 spiro atoms. The minimum absolute atomic E-state index is 0.283. The molecule has 41 heavy (non-hydrogen) atoms.